The fourth-order valence-electron chi connectivity index (χ4n) is 5.26. The van der Waals surface area contributed by atoms with Gasteiger partial charge in [0.05, 0.1) is 32.1 Å². The molecule has 34 heavy (non-hydrogen) atoms. The highest BCUT2D eigenvalue weighted by molar-refractivity contribution is 6.88. The molecule has 5 rings (SSSR count). The van der Waals surface area contributed by atoms with Gasteiger partial charge in [-0.25, -0.2) is 4.79 Å². The van der Waals surface area contributed by atoms with Crippen LogP contribution in [0.1, 0.15) is 35.3 Å². The number of methoxy groups -OCH3 is 1. The SMILES string of the molecule is COC(=O)c1ccc2c3c(ccc2c1)N(c1ccc([Si](C)(C)C)cc1)c1ccccc1C3(C)C. The van der Waals surface area contributed by atoms with Crippen molar-refractivity contribution in [2.24, 2.45) is 0 Å². The molecule has 0 bridgehead atoms. The first-order chi connectivity index (χ1) is 16.1. The number of anilines is 3. The van der Waals surface area contributed by atoms with E-state index in [0.717, 1.165) is 16.5 Å². The summed E-state index contributed by atoms with van der Waals surface area (Å²) in [7, 11) is 0.0387. The van der Waals surface area contributed by atoms with E-state index in [1.54, 1.807) is 0 Å². The average Bonchev–Trinajstić information content (AvgIpc) is 2.82. The van der Waals surface area contributed by atoms with Crippen LogP contribution in [0.15, 0.2) is 78.9 Å². The predicted octanol–water partition coefficient (Wildman–Crippen LogP) is 7.28. The van der Waals surface area contributed by atoms with Crippen LogP contribution in [-0.2, 0) is 10.2 Å². The quantitative estimate of drug-likeness (QED) is 0.235. The van der Waals surface area contributed by atoms with Gasteiger partial charge < -0.3 is 9.64 Å². The number of esters is 1. The number of benzene rings is 4. The van der Waals surface area contributed by atoms with E-state index in [1.165, 1.54) is 34.8 Å². The van der Waals surface area contributed by atoms with Crippen molar-refractivity contribution in [3.63, 3.8) is 0 Å². The summed E-state index contributed by atoms with van der Waals surface area (Å²) in [6.07, 6.45) is 0. The molecule has 0 fully saturated rings. The number of fused-ring (bicyclic) bond motifs is 4. The van der Waals surface area contributed by atoms with Crippen LogP contribution in [0.25, 0.3) is 10.8 Å². The van der Waals surface area contributed by atoms with Crippen molar-refractivity contribution in [3.8, 4) is 0 Å². The largest absolute Gasteiger partial charge is 0.465 e. The minimum Gasteiger partial charge on any atom is -0.465 e. The molecule has 4 aromatic carbocycles. The standard InChI is InChI=1S/C30H31NO2Si/c1-30(2)25-9-7-8-10-26(25)31(22-13-15-23(16-14-22)34(4,5)6)27-18-12-20-19-21(29(32)33-3)11-17-24(20)28(27)30/h7-19H,1-6H3. The van der Waals surface area contributed by atoms with Gasteiger partial charge in [0, 0.05) is 11.1 Å². The minimum atomic E-state index is -1.38. The molecular formula is C30H31NO2Si. The van der Waals surface area contributed by atoms with E-state index in [9.17, 15) is 4.79 Å². The van der Waals surface area contributed by atoms with Crippen molar-refractivity contribution in [2.75, 3.05) is 12.0 Å². The van der Waals surface area contributed by atoms with E-state index in [0.29, 0.717) is 5.56 Å². The molecule has 0 radical (unpaired) electrons. The topological polar surface area (TPSA) is 29.5 Å². The smallest absolute Gasteiger partial charge is 0.337 e. The Kier molecular flexibility index (Phi) is 5.17. The lowest BCUT2D eigenvalue weighted by Gasteiger charge is -2.42. The fourth-order valence-corrected chi connectivity index (χ4v) is 6.42. The van der Waals surface area contributed by atoms with Gasteiger partial charge in [-0.15, -0.1) is 0 Å². The highest BCUT2D eigenvalue weighted by atomic mass is 28.3. The van der Waals surface area contributed by atoms with Crippen molar-refractivity contribution in [2.45, 2.75) is 38.9 Å². The molecule has 4 aromatic rings. The van der Waals surface area contributed by atoms with Crippen molar-refractivity contribution in [1.29, 1.82) is 0 Å². The molecule has 0 amide bonds. The van der Waals surface area contributed by atoms with E-state index in [2.05, 4.69) is 105 Å². The Morgan fingerprint density at radius 3 is 2.24 bits per heavy atom. The molecule has 0 unspecified atom stereocenters. The Labute approximate surface area is 203 Å². The van der Waals surface area contributed by atoms with Crippen LogP contribution in [0, 0.1) is 0 Å². The Bertz CT molecular complexity index is 1410. The second-order valence-corrected chi connectivity index (χ2v) is 15.7. The zero-order valence-electron chi connectivity index (χ0n) is 20.8. The Morgan fingerprint density at radius 2 is 1.56 bits per heavy atom. The number of para-hydroxylation sites is 1. The number of nitrogens with zero attached hydrogens (tertiary/aromatic N) is 1. The van der Waals surface area contributed by atoms with Crippen LogP contribution in [0.3, 0.4) is 0 Å². The minimum absolute atomic E-state index is 0.201. The summed E-state index contributed by atoms with van der Waals surface area (Å²) in [6, 6.07) is 28.0. The van der Waals surface area contributed by atoms with Crippen LogP contribution in [0.5, 0.6) is 0 Å². The van der Waals surface area contributed by atoms with E-state index in [1.807, 2.05) is 12.1 Å². The van der Waals surface area contributed by atoms with Crippen LogP contribution < -0.4 is 10.1 Å². The van der Waals surface area contributed by atoms with Gasteiger partial charge in [0.15, 0.2) is 0 Å². The summed E-state index contributed by atoms with van der Waals surface area (Å²) in [6.45, 7) is 11.7. The highest BCUT2D eigenvalue weighted by Gasteiger charge is 2.38. The van der Waals surface area contributed by atoms with Gasteiger partial charge >= 0.3 is 5.97 Å². The molecule has 1 heterocycles. The van der Waals surface area contributed by atoms with Crippen molar-refractivity contribution in [1.82, 2.24) is 0 Å². The lowest BCUT2D eigenvalue weighted by molar-refractivity contribution is 0.0601. The molecule has 1 aliphatic rings. The Balaban J connectivity index is 1.77. The van der Waals surface area contributed by atoms with E-state index >= 15 is 0 Å². The lowest BCUT2D eigenvalue weighted by Crippen LogP contribution is -2.37. The summed E-state index contributed by atoms with van der Waals surface area (Å²) in [5.74, 6) is -0.312. The van der Waals surface area contributed by atoms with Crippen LogP contribution in [0.2, 0.25) is 19.6 Å². The van der Waals surface area contributed by atoms with Crippen molar-refractivity contribution < 1.29 is 9.53 Å². The van der Waals surface area contributed by atoms with Gasteiger partial charge in [0.1, 0.15) is 0 Å². The molecule has 0 saturated carbocycles. The van der Waals surface area contributed by atoms with E-state index in [-0.39, 0.29) is 11.4 Å². The summed E-state index contributed by atoms with van der Waals surface area (Å²) in [5, 5.41) is 3.66. The fraction of sp³-hybridized carbons (Fsp3) is 0.233. The number of hydrogen-bond acceptors (Lipinski definition) is 3. The number of carbonyl (C=O) groups is 1. The van der Waals surface area contributed by atoms with Gasteiger partial charge in [-0.2, -0.15) is 0 Å². The maximum absolute atomic E-state index is 12.1. The molecule has 0 aromatic heterocycles. The maximum atomic E-state index is 12.1. The van der Waals surface area contributed by atoms with Crippen LogP contribution >= 0.6 is 0 Å². The monoisotopic (exact) mass is 465 g/mol. The summed E-state index contributed by atoms with van der Waals surface area (Å²) in [5.41, 5.74) is 6.50. The van der Waals surface area contributed by atoms with Gasteiger partial charge in [0.2, 0.25) is 0 Å². The van der Waals surface area contributed by atoms with Gasteiger partial charge in [-0.1, -0.05) is 81.1 Å². The molecule has 0 spiro atoms. The first kappa shape index (κ1) is 22.4. The van der Waals surface area contributed by atoms with Gasteiger partial charge in [-0.05, 0) is 58.3 Å². The number of carbonyl (C=O) groups excluding carboxylic acids is 1. The molecule has 3 nitrogen and oxygen atoms in total. The second-order valence-electron chi connectivity index (χ2n) is 10.7. The number of rotatable bonds is 3. The summed E-state index contributed by atoms with van der Waals surface area (Å²) in [4.78, 5) is 14.5. The predicted molar refractivity (Wildman–Crippen MR) is 145 cm³/mol. The van der Waals surface area contributed by atoms with Crippen molar-refractivity contribution >= 4 is 47.1 Å². The summed E-state index contributed by atoms with van der Waals surface area (Å²) < 4.78 is 4.95. The molecule has 1 aliphatic heterocycles. The third-order valence-corrected chi connectivity index (χ3v) is 9.16. The van der Waals surface area contributed by atoms with Crippen LogP contribution in [0.4, 0.5) is 17.1 Å². The number of ether oxygens (including phenoxy) is 1. The molecule has 0 aliphatic carbocycles. The van der Waals surface area contributed by atoms with E-state index < -0.39 is 8.07 Å². The van der Waals surface area contributed by atoms with Gasteiger partial charge in [0.25, 0.3) is 0 Å². The lowest BCUT2D eigenvalue weighted by atomic mass is 9.71. The Morgan fingerprint density at radius 1 is 0.853 bits per heavy atom. The molecule has 0 saturated heterocycles. The maximum Gasteiger partial charge on any atom is 0.337 e. The van der Waals surface area contributed by atoms with Crippen LogP contribution in [-0.4, -0.2) is 21.2 Å². The third-order valence-electron chi connectivity index (χ3n) is 7.09. The normalized spacial score (nSPS) is 14.5. The first-order valence-corrected chi connectivity index (χ1v) is 15.3. The molecular weight excluding hydrogens is 434 g/mol. The zero-order valence-corrected chi connectivity index (χ0v) is 21.8. The molecule has 172 valence electrons. The second kappa shape index (κ2) is 7.85. The van der Waals surface area contributed by atoms with Gasteiger partial charge in [-0.3, -0.25) is 0 Å². The first-order valence-electron chi connectivity index (χ1n) is 11.8. The Hall–Kier alpha value is -3.37. The average molecular weight is 466 g/mol. The van der Waals surface area contributed by atoms with Crippen molar-refractivity contribution in [3.05, 3.63) is 95.6 Å². The molecule has 4 heteroatoms. The summed E-state index contributed by atoms with van der Waals surface area (Å²) >= 11 is 0. The highest BCUT2D eigenvalue weighted by Crippen LogP contribution is 2.53. The zero-order chi connectivity index (χ0) is 24.3. The third kappa shape index (κ3) is 3.45. The number of hydrogen-bond donors (Lipinski definition) is 0. The van der Waals surface area contributed by atoms with E-state index in [4.69, 9.17) is 4.74 Å². The molecule has 0 N–H and O–H groups in total. The molecule has 0 atom stereocenters.